The van der Waals surface area contributed by atoms with Crippen molar-refractivity contribution >= 4 is 46.5 Å². The maximum Gasteiger partial charge on any atom is 0.344 e. The second-order valence-electron chi connectivity index (χ2n) is 8.17. The van der Waals surface area contributed by atoms with Gasteiger partial charge in [0.1, 0.15) is 5.54 Å². The van der Waals surface area contributed by atoms with Gasteiger partial charge in [-0.25, -0.2) is 14.6 Å². The molecule has 2 N–H and O–H groups in total. The highest BCUT2D eigenvalue weighted by Crippen LogP contribution is 2.23. The number of para-hydroxylation sites is 1. The first-order valence-electron chi connectivity index (χ1n) is 11.0. The normalized spacial score (nSPS) is 17.2. The van der Waals surface area contributed by atoms with Crippen molar-refractivity contribution in [3.05, 3.63) is 64.4 Å². The van der Waals surface area contributed by atoms with E-state index < -0.39 is 34.9 Å². The summed E-state index contributed by atoms with van der Waals surface area (Å²) < 4.78 is 6.11. The van der Waals surface area contributed by atoms with Crippen LogP contribution in [0.15, 0.2) is 58.5 Å². The van der Waals surface area contributed by atoms with Gasteiger partial charge in [-0.15, -0.1) is 0 Å². The van der Waals surface area contributed by atoms with E-state index in [4.69, 9.17) is 4.74 Å². The maximum absolute atomic E-state index is 13.4. The highest BCUT2D eigenvalue weighted by molar-refractivity contribution is 7.99. The predicted octanol–water partition coefficient (Wildman–Crippen LogP) is 2.02. The Kier molecular flexibility index (Phi) is 6.80. The van der Waals surface area contributed by atoms with Crippen molar-refractivity contribution in [1.82, 2.24) is 25.3 Å². The molecule has 4 rings (SSSR count). The third-order valence-electron chi connectivity index (χ3n) is 5.81. The fourth-order valence-electron chi connectivity index (χ4n) is 3.62. The number of benzene rings is 2. The second kappa shape index (κ2) is 9.82. The van der Waals surface area contributed by atoms with E-state index in [0.717, 1.165) is 11.8 Å². The number of imide groups is 1. The smallest absolute Gasteiger partial charge is 0.344 e. The van der Waals surface area contributed by atoms with Crippen LogP contribution in [0.25, 0.3) is 16.6 Å². The number of ether oxygens (including phenoxy) is 1. The van der Waals surface area contributed by atoms with Gasteiger partial charge >= 0.3 is 12.0 Å². The Morgan fingerprint density at radius 1 is 1.14 bits per heavy atom. The van der Waals surface area contributed by atoms with Gasteiger partial charge in [0.25, 0.3) is 11.5 Å². The number of nitrogens with one attached hydrogen (secondary N) is 2. The average molecular weight is 510 g/mol. The summed E-state index contributed by atoms with van der Waals surface area (Å²) in [6.07, 6.45) is 0.358. The van der Waals surface area contributed by atoms with Crippen molar-refractivity contribution in [1.29, 1.82) is 0 Å². The SMILES string of the molecule is CC[C@@]1(C)NC(=O)N(NC(=O)CSc2nc3cc(C(=O)OC)ccc3c(=O)n2-c2ccccc2)C1=O. The summed E-state index contributed by atoms with van der Waals surface area (Å²) >= 11 is 0.944. The lowest BCUT2D eigenvalue weighted by atomic mass is 10.00. The van der Waals surface area contributed by atoms with E-state index in [9.17, 15) is 24.0 Å². The van der Waals surface area contributed by atoms with Crippen molar-refractivity contribution in [2.75, 3.05) is 12.9 Å². The molecular formula is C24H23N5O6S. The third kappa shape index (κ3) is 4.54. The number of esters is 1. The molecule has 1 saturated heterocycles. The number of carbonyl (C=O) groups is 4. The number of urea groups is 1. The molecule has 1 aliphatic rings. The molecule has 3 aromatic rings. The fraction of sp³-hybridized carbons (Fsp3) is 0.250. The number of fused-ring (bicyclic) bond motifs is 1. The molecule has 1 aliphatic heterocycles. The lowest BCUT2D eigenvalue weighted by Crippen LogP contribution is -2.49. The Morgan fingerprint density at radius 3 is 2.50 bits per heavy atom. The van der Waals surface area contributed by atoms with Gasteiger partial charge < -0.3 is 10.1 Å². The molecule has 1 fully saturated rings. The number of amides is 4. The molecule has 0 spiro atoms. The number of hydrazine groups is 1. The van der Waals surface area contributed by atoms with Crippen molar-refractivity contribution in [2.45, 2.75) is 31.0 Å². The largest absolute Gasteiger partial charge is 0.465 e. The van der Waals surface area contributed by atoms with Crippen LogP contribution in [-0.4, -0.2) is 56.8 Å². The molecule has 0 aliphatic carbocycles. The van der Waals surface area contributed by atoms with E-state index in [2.05, 4.69) is 15.7 Å². The van der Waals surface area contributed by atoms with E-state index >= 15 is 0 Å². The zero-order chi connectivity index (χ0) is 26.0. The Morgan fingerprint density at radius 2 is 1.86 bits per heavy atom. The van der Waals surface area contributed by atoms with E-state index in [1.807, 2.05) is 0 Å². The Bertz CT molecular complexity index is 1440. The molecule has 2 heterocycles. The number of carbonyl (C=O) groups excluding carboxylic acids is 4. The van der Waals surface area contributed by atoms with Crippen LogP contribution < -0.4 is 16.3 Å². The number of hydrogen-bond acceptors (Lipinski definition) is 8. The molecule has 2 aromatic carbocycles. The minimum Gasteiger partial charge on any atom is -0.465 e. The van der Waals surface area contributed by atoms with E-state index in [0.29, 0.717) is 17.1 Å². The summed E-state index contributed by atoms with van der Waals surface area (Å²) in [5.74, 6) is -2.02. The van der Waals surface area contributed by atoms with E-state index in [1.54, 1.807) is 44.2 Å². The molecule has 1 atom stereocenters. The standard InChI is InChI=1S/C24H23N5O6S/c1-4-24(2)21(33)29(22(34)26-24)27-18(30)13-36-23-25-17-12-14(20(32)35-3)10-11-16(17)19(31)28(23)15-8-6-5-7-9-15/h5-12H,4,13H2,1-3H3,(H,26,34)(H,27,30)/t24-/m1/s1. The van der Waals surface area contributed by atoms with Gasteiger partial charge in [-0.2, -0.15) is 5.01 Å². The van der Waals surface area contributed by atoms with Crippen molar-refractivity contribution in [3.8, 4) is 5.69 Å². The number of thioether (sulfide) groups is 1. The molecule has 0 radical (unpaired) electrons. The molecule has 0 unspecified atom stereocenters. The molecule has 4 amide bonds. The fourth-order valence-corrected chi connectivity index (χ4v) is 4.43. The molecule has 36 heavy (non-hydrogen) atoms. The quantitative estimate of drug-likeness (QED) is 0.213. The Balaban J connectivity index is 1.66. The zero-order valence-corrected chi connectivity index (χ0v) is 20.5. The van der Waals surface area contributed by atoms with Gasteiger partial charge in [-0.05, 0) is 43.7 Å². The van der Waals surface area contributed by atoms with Gasteiger partial charge in [0.05, 0.1) is 35.0 Å². The first-order chi connectivity index (χ1) is 17.2. The monoisotopic (exact) mass is 509 g/mol. The summed E-state index contributed by atoms with van der Waals surface area (Å²) in [4.78, 5) is 67.3. The number of nitrogens with zero attached hydrogens (tertiary/aromatic N) is 3. The Labute approximate surface area is 209 Å². The number of hydrogen-bond donors (Lipinski definition) is 2. The minimum atomic E-state index is -1.09. The van der Waals surface area contributed by atoms with Crippen molar-refractivity contribution < 1.29 is 23.9 Å². The van der Waals surface area contributed by atoms with Crippen molar-refractivity contribution in [3.63, 3.8) is 0 Å². The summed E-state index contributed by atoms with van der Waals surface area (Å²) in [6.45, 7) is 3.33. The number of rotatable bonds is 7. The minimum absolute atomic E-state index is 0.187. The lowest BCUT2D eigenvalue weighted by Gasteiger charge is -2.19. The van der Waals surface area contributed by atoms with Gasteiger partial charge in [0, 0.05) is 0 Å². The van der Waals surface area contributed by atoms with E-state index in [1.165, 1.54) is 29.9 Å². The van der Waals surface area contributed by atoms with Crippen LogP contribution in [0.2, 0.25) is 0 Å². The molecule has 12 heteroatoms. The summed E-state index contributed by atoms with van der Waals surface area (Å²) in [5.41, 5.74) is 1.84. The topological polar surface area (TPSA) is 140 Å². The van der Waals surface area contributed by atoms with Gasteiger partial charge in [-0.1, -0.05) is 36.9 Å². The average Bonchev–Trinajstić information content (AvgIpc) is 3.10. The third-order valence-corrected chi connectivity index (χ3v) is 6.75. The summed E-state index contributed by atoms with van der Waals surface area (Å²) in [6, 6.07) is 12.5. The van der Waals surface area contributed by atoms with E-state index in [-0.39, 0.29) is 27.4 Å². The lowest BCUT2D eigenvalue weighted by molar-refractivity contribution is -0.137. The van der Waals surface area contributed by atoms with Crippen molar-refractivity contribution in [2.24, 2.45) is 0 Å². The highest BCUT2D eigenvalue weighted by Gasteiger charge is 2.47. The molecule has 0 saturated carbocycles. The van der Waals surface area contributed by atoms with Crippen LogP contribution in [0.3, 0.4) is 0 Å². The van der Waals surface area contributed by atoms with Gasteiger partial charge in [-0.3, -0.25) is 24.4 Å². The number of methoxy groups -OCH3 is 1. The van der Waals surface area contributed by atoms with Crippen LogP contribution in [0, 0.1) is 0 Å². The zero-order valence-electron chi connectivity index (χ0n) is 19.7. The van der Waals surface area contributed by atoms with Crippen LogP contribution in [0.1, 0.15) is 30.6 Å². The molecule has 186 valence electrons. The van der Waals surface area contributed by atoms with Crippen LogP contribution in [0.4, 0.5) is 4.79 Å². The number of aromatic nitrogens is 2. The first-order valence-corrected chi connectivity index (χ1v) is 12.0. The molecule has 1 aromatic heterocycles. The summed E-state index contributed by atoms with van der Waals surface area (Å²) in [5, 5.41) is 3.68. The van der Waals surface area contributed by atoms with Crippen LogP contribution in [0.5, 0.6) is 0 Å². The maximum atomic E-state index is 13.4. The Hall–Kier alpha value is -4.19. The molecule has 11 nitrogen and oxygen atoms in total. The van der Waals surface area contributed by atoms with Crippen LogP contribution in [-0.2, 0) is 14.3 Å². The highest BCUT2D eigenvalue weighted by atomic mass is 32.2. The predicted molar refractivity (Wildman–Crippen MR) is 132 cm³/mol. The molecular weight excluding hydrogens is 486 g/mol. The van der Waals surface area contributed by atoms with Crippen LogP contribution >= 0.6 is 11.8 Å². The van der Waals surface area contributed by atoms with Gasteiger partial charge in [0.15, 0.2) is 5.16 Å². The summed E-state index contributed by atoms with van der Waals surface area (Å²) in [7, 11) is 1.25. The second-order valence-corrected chi connectivity index (χ2v) is 9.12. The first kappa shape index (κ1) is 24.9. The molecule has 0 bridgehead atoms. The van der Waals surface area contributed by atoms with Gasteiger partial charge in [0.2, 0.25) is 5.91 Å².